The van der Waals surface area contributed by atoms with Gasteiger partial charge in [0.1, 0.15) is 11.0 Å². The summed E-state index contributed by atoms with van der Waals surface area (Å²) < 4.78 is 11.8. The van der Waals surface area contributed by atoms with Gasteiger partial charge < -0.3 is 9.15 Å². The lowest BCUT2D eigenvalue weighted by Gasteiger charge is -2.09. The number of nitrogens with zero attached hydrogens (tertiary/aromatic N) is 2. The molecule has 2 aromatic carbocycles. The normalized spacial score (nSPS) is 11.5. The van der Waals surface area contributed by atoms with Gasteiger partial charge in [0.25, 0.3) is 0 Å². The zero-order chi connectivity index (χ0) is 19.8. The second-order valence-electron chi connectivity index (χ2n) is 6.17. The molecule has 0 aliphatic carbocycles. The van der Waals surface area contributed by atoms with Crippen LogP contribution in [0.2, 0.25) is 5.02 Å². The summed E-state index contributed by atoms with van der Waals surface area (Å²) >= 11 is 6.15. The third-order valence-corrected chi connectivity index (χ3v) is 4.66. The second-order valence-corrected chi connectivity index (χ2v) is 6.60. The van der Waals surface area contributed by atoms with Gasteiger partial charge in [0.05, 0.1) is 24.0 Å². The number of benzene rings is 2. The molecule has 0 atom stereocenters. The van der Waals surface area contributed by atoms with E-state index >= 15 is 0 Å². The molecular weight excluding hydrogens is 380 g/mol. The summed E-state index contributed by atoms with van der Waals surface area (Å²) in [4.78, 5) is 24.1. The highest BCUT2D eigenvalue weighted by Crippen LogP contribution is 2.29. The summed E-state index contributed by atoms with van der Waals surface area (Å²) in [6, 6.07) is 12.5. The number of methoxy groups -OCH3 is 1. The van der Waals surface area contributed by atoms with Crippen molar-refractivity contribution in [2.24, 2.45) is 0 Å². The molecule has 0 unspecified atom stereocenters. The minimum atomic E-state index is -0.487. The molecule has 2 aromatic heterocycles. The molecule has 6 nitrogen and oxygen atoms in total. The van der Waals surface area contributed by atoms with E-state index in [1.54, 1.807) is 48.0 Å². The standard InChI is InChI=1S/C21H15ClN2O4/c1-12-19-20(15-5-3-4-6-17(15)28-21(19)26)24(23-12)16-9-8-14(22)11-13(16)7-10-18(25)27-2/h3-11H,1-2H3/b10-7+. The van der Waals surface area contributed by atoms with Crippen LogP contribution in [0.5, 0.6) is 0 Å². The molecule has 0 N–H and O–H groups in total. The average Bonchev–Trinajstić information content (AvgIpc) is 3.04. The summed E-state index contributed by atoms with van der Waals surface area (Å²) in [6.07, 6.45) is 2.91. The molecule has 0 radical (unpaired) electrons. The molecule has 0 saturated heterocycles. The summed E-state index contributed by atoms with van der Waals surface area (Å²) in [5.41, 5.74) is 2.53. The summed E-state index contributed by atoms with van der Waals surface area (Å²) in [7, 11) is 1.31. The fourth-order valence-corrected chi connectivity index (χ4v) is 3.36. The molecule has 0 spiro atoms. The molecule has 0 aliphatic rings. The first-order chi connectivity index (χ1) is 13.5. The molecule has 7 heteroatoms. The number of aryl methyl sites for hydroxylation is 1. The maximum absolute atomic E-state index is 12.5. The Balaban J connectivity index is 2.07. The number of carbonyl (C=O) groups excluding carboxylic acids is 1. The van der Waals surface area contributed by atoms with Crippen molar-refractivity contribution >= 4 is 45.5 Å². The van der Waals surface area contributed by atoms with E-state index in [1.165, 1.54) is 13.2 Å². The Bertz CT molecular complexity index is 1320. The van der Waals surface area contributed by atoms with Crippen LogP contribution in [-0.2, 0) is 9.53 Å². The lowest BCUT2D eigenvalue weighted by molar-refractivity contribution is -0.134. The Labute approximate surface area is 164 Å². The van der Waals surface area contributed by atoms with Gasteiger partial charge in [-0.15, -0.1) is 0 Å². The van der Waals surface area contributed by atoms with Gasteiger partial charge in [0.2, 0.25) is 0 Å². The fourth-order valence-electron chi connectivity index (χ4n) is 3.17. The monoisotopic (exact) mass is 394 g/mol. The van der Waals surface area contributed by atoms with Crippen LogP contribution in [0.4, 0.5) is 0 Å². The Kier molecular flexibility index (Phi) is 4.49. The Hall–Kier alpha value is -3.38. The van der Waals surface area contributed by atoms with Crippen molar-refractivity contribution in [1.29, 1.82) is 0 Å². The van der Waals surface area contributed by atoms with Gasteiger partial charge in [-0.3, -0.25) is 0 Å². The number of ether oxygens (including phenoxy) is 1. The van der Waals surface area contributed by atoms with Crippen molar-refractivity contribution in [1.82, 2.24) is 9.78 Å². The number of halogens is 1. The van der Waals surface area contributed by atoms with E-state index in [4.69, 9.17) is 16.0 Å². The molecule has 0 saturated carbocycles. The largest absolute Gasteiger partial charge is 0.466 e. The van der Waals surface area contributed by atoms with Gasteiger partial charge in [0, 0.05) is 22.0 Å². The topological polar surface area (TPSA) is 74.3 Å². The van der Waals surface area contributed by atoms with Crippen LogP contribution in [-0.4, -0.2) is 22.9 Å². The van der Waals surface area contributed by atoms with Crippen molar-refractivity contribution in [3.8, 4) is 5.69 Å². The van der Waals surface area contributed by atoms with E-state index in [2.05, 4.69) is 9.84 Å². The summed E-state index contributed by atoms with van der Waals surface area (Å²) in [6.45, 7) is 1.75. The smallest absolute Gasteiger partial charge is 0.347 e. The van der Waals surface area contributed by atoms with E-state index < -0.39 is 11.6 Å². The molecule has 0 bridgehead atoms. The molecule has 4 aromatic rings. The quantitative estimate of drug-likeness (QED) is 0.294. The Morgan fingerprint density at radius 1 is 1.25 bits per heavy atom. The molecule has 2 heterocycles. The van der Waals surface area contributed by atoms with Crippen LogP contribution in [0, 0.1) is 6.92 Å². The Morgan fingerprint density at radius 3 is 2.82 bits per heavy atom. The van der Waals surface area contributed by atoms with Crippen LogP contribution >= 0.6 is 11.6 Å². The van der Waals surface area contributed by atoms with Gasteiger partial charge in [-0.25, -0.2) is 14.3 Å². The van der Waals surface area contributed by atoms with Crippen molar-refractivity contribution in [2.75, 3.05) is 7.11 Å². The SMILES string of the molecule is COC(=O)/C=C/c1cc(Cl)ccc1-n1nc(C)c2c(=O)oc3ccccc3c21. The number of hydrogen-bond donors (Lipinski definition) is 0. The first-order valence-corrected chi connectivity index (χ1v) is 8.84. The highest BCUT2D eigenvalue weighted by atomic mass is 35.5. The van der Waals surface area contributed by atoms with Crippen molar-refractivity contribution in [3.05, 3.63) is 75.2 Å². The predicted octanol–water partition coefficient (Wildman–Crippen LogP) is 4.28. The van der Waals surface area contributed by atoms with Crippen molar-refractivity contribution < 1.29 is 13.9 Å². The van der Waals surface area contributed by atoms with Crippen LogP contribution in [0.25, 0.3) is 33.6 Å². The van der Waals surface area contributed by atoms with Crippen molar-refractivity contribution in [3.63, 3.8) is 0 Å². The van der Waals surface area contributed by atoms with Crippen LogP contribution in [0.3, 0.4) is 0 Å². The van der Waals surface area contributed by atoms with E-state index in [0.29, 0.717) is 38.5 Å². The highest BCUT2D eigenvalue weighted by Gasteiger charge is 2.18. The average molecular weight is 395 g/mol. The molecular formula is C21H15ClN2O4. The molecule has 28 heavy (non-hydrogen) atoms. The summed E-state index contributed by atoms with van der Waals surface area (Å²) in [5, 5.41) is 6.25. The number of carbonyl (C=O) groups is 1. The second kappa shape index (κ2) is 6.98. The first kappa shape index (κ1) is 18.0. The number of fused-ring (bicyclic) bond motifs is 3. The van der Waals surface area contributed by atoms with Gasteiger partial charge >= 0.3 is 11.6 Å². The summed E-state index contributed by atoms with van der Waals surface area (Å²) in [5.74, 6) is -0.487. The van der Waals surface area contributed by atoms with E-state index in [0.717, 1.165) is 5.39 Å². The predicted molar refractivity (Wildman–Crippen MR) is 108 cm³/mol. The third kappa shape index (κ3) is 2.97. The van der Waals surface area contributed by atoms with E-state index in [-0.39, 0.29) is 0 Å². The van der Waals surface area contributed by atoms with Gasteiger partial charge in [0.15, 0.2) is 0 Å². The van der Waals surface area contributed by atoms with Crippen LogP contribution in [0.15, 0.2) is 57.8 Å². The lowest BCUT2D eigenvalue weighted by Crippen LogP contribution is -2.03. The molecule has 0 aliphatic heterocycles. The number of aromatic nitrogens is 2. The molecule has 0 amide bonds. The van der Waals surface area contributed by atoms with Gasteiger partial charge in [-0.05, 0) is 43.3 Å². The van der Waals surface area contributed by atoms with Crippen molar-refractivity contribution in [2.45, 2.75) is 6.92 Å². The molecule has 0 fully saturated rings. The maximum Gasteiger partial charge on any atom is 0.347 e. The van der Waals surface area contributed by atoms with Crippen LogP contribution in [0.1, 0.15) is 11.3 Å². The maximum atomic E-state index is 12.5. The van der Waals surface area contributed by atoms with Crippen LogP contribution < -0.4 is 5.63 Å². The third-order valence-electron chi connectivity index (χ3n) is 4.43. The zero-order valence-corrected chi connectivity index (χ0v) is 15.9. The first-order valence-electron chi connectivity index (χ1n) is 8.46. The minimum Gasteiger partial charge on any atom is -0.466 e. The number of esters is 1. The van der Waals surface area contributed by atoms with Gasteiger partial charge in [-0.2, -0.15) is 5.10 Å². The minimum absolute atomic E-state index is 0.413. The zero-order valence-electron chi connectivity index (χ0n) is 15.1. The molecule has 140 valence electrons. The van der Waals surface area contributed by atoms with E-state index in [1.807, 2.05) is 12.1 Å². The van der Waals surface area contributed by atoms with E-state index in [9.17, 15) is 9.59 Å². The number of hydrogen-bond acceptors (Lipinski definition) is 5. The highest BCUT2D eigenvalue weighted by molar-refractivity contribution is 6.30. The van der Waals surface area contributed by atoms with Gasteiger partial charge in [-0.1, -0.05) is 23.7 Å². The fraction of sp³-hybridized carbons (Fsp3) is 0.0952. The Morgan fingerprint density at radius 2 is 2.04 bits per heavy atom. The lowest BCUT2D eigenvalue weighted by atomic mass is 10.1. The number of rotatable bonds is 3. The number of para-hydroxylation sites is 1. The molecule has 4 rings (SSSR count).